The van der Waals surface area contributed by atoms with Gasteiger partial charge in [0.05, 0.1) is 0 Å². The Morgan fingerprint density at radius 3 is 2.43 bits per heavy atom. The number of carbonyl (C=O) groups is 1. The monoisotopic (exact) mass is 427 g/mol. The molecule has 2 atom stereocenters. The number of amides is 1. The van der Waals surface area contributed by atoms with Gasteiger partial charge in [-0.15, -0.1) is 0 Å². The number of rotatable bonds is 6. The number of aromatic nitrogens is 2. The van der Waals surface area contributed by atoms with E-state index < -0.39 is 0 Å². The first kappa shape index (κ1) is 20.9. The second-order valence-corrected chi connectivity index (χ2v) is 9.23. The summed E-state index contributed by atoms with van der Waals surface area (Å²) in [5, 5.41) is 7.49. The van der Waals surface area contributed by atoms with E-state index >= 15 is 0 Å². The lowest BCUT2D eigenvalue weighted by Crippen LogP contribution is -2.41. The molecule has 2 N–H and O–H groups in total. The van der Waals surface area contributed by atoms with Gasteiger partial charge in [0.15, 0.2) is 0 Å². The van der Waals surface area contributed by atoms with Crippen molar-refractivity contribution in [2.75, 3.05) is 24.3 Å². The normalized spacial score (nSPS) is 25.5. The molecule has 0 unspecified atom stereocenters. The highest BCUT2D eigenvalue weighted by Gasteiger charge is 2.44. The molecule has 1 heterocycles. The van der Waals surface area contributed by atoms with E-state index in [0.29, 0.717) is 17.9 Å². The third-order valence-corrected chi connectivity index (χ3v) is 6.45. The van der Waals surface area contributed by atoms with Crippen LogP contribution in [0.5, 0.6) is 0 Å². The Kier molecular flexibility index (Phi) is 6.14. The van der Waals surface area contributed by atoms with E-state index in [9.17, 15) is 4.79 Å². The summed E-state index contributed by atoms with van der Waals surface area (Å²) in [4.78, 5) is 23.7. The van der Waals surface area contributed by atoms with Gasteiger partial charge in [-0.2, -0.15) is 4.98 Å². The number of nitrogens with zero attached hydrogens (tertiary/aromatic N) is 3. The zero-order valence-corrected chi connectivity index (χ0v) is 18.6. The van der Waals surface area contributed by atoms with Gasteiger partial charge in [-0.1, -0.05) is 23.7 Å². The van der Waals surface area contributed by atoms with Crippen molar-refractivity contribution in [3.63, 3.8) is 0 Å². The summed E-state index contributed by atoms with van der Waals surface area (Å²) in [6, 6.07) is 8.48. The van der Waals surface area contributed by atoms with Crippen molar-refractivity contribution in [2.24, 2.45) is 5.92 Å². The smallest absolute Gasteiger partial charge is 0.224 e. The summed E-state index contributed by atoms with van der Waals surface area (Å²) in [7, 11) is 3.98. The van der Waals surface area contributed by atoms with E-state index in [1.165, 1.54) is 5.56 Å². The van der Waals surface area contributed by atoms with Gasteiger partial charge < -0.3 is 15.5 Å². The van der Waals surface area contributed by atoms with E-state index in [4.69, 9.17) is 11.6 Å². The van der Waals surface area contributed by atoms with Crippen LogP contribution in [0.2, 0.25) is 5.02 Å². The number of hydrogen-bond donors (Lipinski definition) is 2. The van der Waals surface area contributed by atoms with Gasteiger partial charge in [0.25, 0.3) is 0 Å². The summed E-state index contributed by atoms with van der Waals surface area (Å²) in [5.41, 5.74) is 2.27. The van der Waals surface area contributed by atoms with Crippen LogP contribution in [0.25, 0.3) is 0 Å². The van der Waals surface area contributed by atoms with Crippen molar-refractivity contribution in [3.05, 3.63) is 46.6 Å². The van der Waals surface area contributed by atoms with Gasteiger partial charge in [0.1, 0.15) is 5.82 Å². The lowest BCUT2D eigenvalue weighted by molar-refractivity contribution is -0.123. The molecule has 1 amide bonds. The van der Waals surface area contributed by atoms with Gasteiger partial charge in [-0.3, -0.25) is 4.79 Å². The van der Waals surface area contributed by atoms with Crippen molar-refractivity contribution in [1.82, 2.24) is 15.3 Å². The summed E-state index contributed by atoms with van der Waals surface area (Å²) in [6.45, 7) is 2.02. The molecule has 0 radical (unpaired) electrons. The van der Waals surface area contributed by atoms with Crippen LogP contribution >= 0.6 is 11.6 Å². The van der Waals surface area contributed by atoms with E-state index in [2.05, 4.69) is 20.6 Å². The topological polar surface area (TPSA) is 70.1 Å². The van der Waals surface area contributed by atoms with Crippen LogP contribution in [0.4, 0.5) is 11.8 Å². The van der Waals surface area contributed by atoms with Gasteiger partial charge in [-0.25, -0.2) is 4.98 Å². The third kappa shape index (κ3) is 4.86. The van der Waals surface area contributed by atoms with E-state index in [0.717, 1.165) is 48.5 Å². The van der Waals surface area contributed by atoms with Gasteiger partial charge in [0, 0.05) is 48.9 Å². The molecule has 30 heavy (non-hydrogen) atoms. The first-order chi connectivity index (χ1) is 14.4. The standard InChI is InChI=1S/C23H30ClN5O/c1-14-13-25-23(28-21(14)29(2)3)27-18-10-8-17(9-11-18)26-22(30)20-12-19(20)15-4-6-16(24)7-5-15/h4-7,13,17-20H,8-12H2,1-3H3,(H,26,30)(H,25,27,28)/t17-,18+,19-,20+/m0/s1. The van der Waals surface area contributed by atoms with Crippen LogP contribution in [0.1, 0.15) is 49.1 Å². The predicted octanol–water partition coefficient (Wildman–Crippen LogP) is 4.15. The van der Waals surface area contributed by atoms with Crippen molar-refractivity contribution in [1.29, 1.82) is 0 Å². The molecular weight excluding hydrogens is 398 g/mol. The molecule has 0 bridgehead atoms. The maximum absolute atomic E-state index is 12.7. The lowest BCUT2D eigenvalue weighted by atomic mass is 9.91. The molecule has 2 aliphatic carbocycles. The Labute approximate surface area is 183 Å². The van der Waals surface area contributed by atoms with Crippen molar-refractivity contribution < 1.29 is 4.79 Å². The van der Waals surface area contributed by atoms with Gasteiger partial charge in [-0.05, 0) is 62.6 Å². The van der Waals surface area contributed by atoms with Gasteiger partial charge >= 0.3 is 0 Å². The summed E-state index contributed by atoms with van der Waals surface area (Å²) in [5.74, 6) is 2.26. The molecule has 2 saturated carbocycles. The van der Waals surface area contributed by atoms with Gasteiger partial charge in [0.2, 0.25) is 11.9 Å². The van der Waals surface area contributed by atoms with Crippen LogP contribution in [-0.2, 0) is 4.79 Å². The van der Waals surface area contributed by atoms with Crippen molar-refractivity contribution in [2.45, 2.75) is 57.0 Å². The number of carbonyl (C=O) groups excluding carboxylic acids is 1. The lowest BCUT2D eigenvalue weighted by Gasteiger charge is -2.30. The number of anilines is 2. The molecule has 0 saturated heterocycles. The maximum atomic E-state index is 12.7. The molecule has 1 aromatic heterocycles. The zero-order chi connectivity index (χ0) is 21.3. The first-order valence-electron chi connectivity index (χ1n) is 10.7. The minimum absolute atomic E-state index is 0.104. The Morgan fingerprint density at radius 2 is 1.77 bits per heavy atom. The average molecular weight is 428 g/mol. The average Bonchev–Trinajstić information content (AvgIpc) is 3.52. The largest absolute Gasteiger partial charge is 0.362 e. The van der Waals surface area contributed by atoms with Crippen LogP contribution in [0.15, 0.2) is 30.5 Å². The molecule has 2 aromatic rings. The van der Waals surface area contributed by atoms with Crippen molar-refractivity contribution >= 4 is 29.3 Å². The third-order valence-electron chi connectivity index (χ3n) is 6.20. The fourth-order valence-electron chi connectivity index (χ4n) is 4.39. The second-order valence-electron chi connectivity index (χ2n) is 8.80. The number of hydrogen-bond acceptors (Lipinski definition) is 5. The molecule has 0 aliphatic heterocycles. The maximum Gasteiger partial charge on any atom is 0.224 e. The minimum atomic E-state index is 0.104. The number of halogens is 1. The summed E-state index contributed by atoms with van der Waals surface area (Å²) < 4.78 is 0. The number of aryl methyl sites for hydroxylation is 1. The Bertz CT molecular complexity index is 893. The van der Waals surface area contributed by atoms with E-state index in [1.54, 1.807) is 0 Å². The highest BCUT2D eigenvalue weighted by molar-refractivity contribution is 6.30. The molecule has 2 aliphatic rings. The molecule has 160 valence electrons. The molecule has 1 aromatic carbocycles. The fraction of sp³-hybridized carbons (Fsp3) is 0.522. The van der Waals surface area contributed by atoms with E-state index in [-0.39, 0.29) is 17.9 Å². The Morgan fingerprint density at radius 1 is 1.10 bits per heavy atom. The fourth-order valence-corrected chi connectivity index (χ4v) is 4.52. The molecule has 4 rings (SSSR count). The molecular formula is C23H30ClN5O. The second kappa shape index (κ2) is 8.80. The molecule has 2 fully saturated rings. The van der Waals surface area contributed by atoms with Crippen LogP contribution in [-0.4, -0.2) is 42.1 Å². The van der Waals surface area contributed by atoms with Crippen molar-refractivity contribution in [3.8, 4) is 0 Å². The molecule has 6 nitrogen and oxygen atoms in total. The van der Waals surface area contributed by atoms with Crippen LogP contribution < -0.4 is 15.5 Å². The predicted molar refractivity (Wildman–Crippen MR) is 121 cm³/mol. The summed E-state index contributed by atoms with van der Waals surface area (Å²) >= 11 is 5.96. The Balaban J connectivity index is 1.24. The van der Waals surface area contributed by atoms with Crippen LogP contribution in [0, 0.1) is 12.8 Å². The van der Waals surface area contributed by atoms with E-state index in [1.807, 2.05) is 56.4 Å². The highest BCUT2D eigenvalue weighted by Crippen LogP contribution is 2.47. The Hall–Kier alpha value is -2.34. The molecule has 0 spiro atoms. The number of benzene rings is 1. The first-order valence-corrected chi connectivity index (χ1v) is 11.1. The van der Waals surface area contributed by atoms with Crippen LogP contribution in [0.3, 0.4) is 0 Å². The summed E-state index contributed by atoms with van der Waals surface area (Å²) in [6.07, 6.45) is 6.77. The number of nitrogens with one attached hydrogen (secondary N) is 2. The zero-order valence-electron chi connectivity index (χ0n) is 17.9. The molecule has 7 heteroatoms. The SMILES string of the molecule is Cc1cnc(N[C@H]2CC[C@@H](NC(=O)[C@@H]3C[C@H]3c3ccc(Cl)cc3)CC2)nc1N(C)C. The quantitative estimate of drug-likeness (QED) is 0.724. The minimum Gasteiger partial charge on any atom is -0.362 e. The highest BCUT2D eigenvalue weighted by atomic mass is 35.5.